The summed E-state index contributed by atoms with van der Waals surface area (Å²) in [5, 5.41) is 10.5. The summed E-state index contributed by atoms with van der Waals surface area (Å²) < 4.78 is 2.45. The van der Waals surface area contributed by atoms with Crippen LogP contribution in [0.15, 0.2) is 91.0 Å². The van der Waals surface area contributed by atoms with E-state index in [1.807, 2.05) is 0 Å². The van der Waals surface area contributed by atoms with Crippen LogP contribution in [0.4, 0.5) is 0 Å². The van der Waals surface area contributed by atoms with Gasteiger partial charge in [0.2, 0.25) is 0 Å². The van der Waals surface area contributed by atoms with E-state index in [9.17, 15) is 0 Å². The van der Waals surface area contributed by atoms with E-state index in [4.69, 9.17) is 0 Å². The summed E-state index contributed by atoms with van der Waals surface area (Å²) in [6, 6.07) is 33.2. The van der Waals surface area contributed by atoms with Crippen molar-refractivity contribution in [2.75, 3.05) is 0 Å². The molecule has 0 radical (unpaired) electrons. The predicted octanol–water partition coefficient (Wildman–Crippen LogP) is 7.62. The number of hydrogen-bond acceptors (Lipinski definition) is 0. The summed E-state index contributed by atoms with van der Waals surface area (Å²) in [6.07, 6.45) is 0. The Bertz CT molecular complexity index is 1950. The first-order chi connectivity index (χ1) is 14.9. The Hall–Kier alpha value is -4.04. The van der Waals surface area contributed by atoms with Crippen molar-refractivity contribution in [1.29, 1.82) is 0 Å². The van der Waals surface area contributed by atoms with Gasteiger partial charge in [-0.2, -0.15) is 0 Å². The van der Waals surface area contributed by atoms with Crippen LogP contribution in [0.5, 0.6) is 0 Å². The third-order valence-corrected chi connectivity index (χ3v) is 6.85. The molecule has 2 heteroatoms. The van der Waals surface area contributed by atoms with Crippen molar-refractivity contribution >= 4 is 70.7 Å². The van der Waals surface area contributed by atoms with Crippen LogP contribution in [0.1, 0.15) is 0 Å². The van der Waals surface area contributed by atoms with Crippen molar-refractivity contribution in [2.45, 2.75) is 0 Å². The molecule has 0 aliphatic carbocycles. The third-order valence-electron chi connectivity index (χ3n) is 6.85. The summed E-state index contributed by atoms with van der Waals surface area (Å²) in [5.74, 6) is 0. The van der Waals surface area contributed by atoms with Crippen molar-refractivity contribution < 1.29 is 0 Å². The van der Waals surface area contributed by atoms with E-state index in [0.29, 0.717) is 0 Å². The van der Waals surface area contributed by atoms with E-state index in [1.165, 1.54) is 70.7 Å². The van der Waals surface area contributed by atoms with E-state index < -0.39 is 0 Å². The second-order valence-electron chi connectivity index (χ2n) is 8.27. The van der Waals surface area contributed by atoms with Gasteiger partial charge in [0.1, 0.15) is 0 Å². The molecule has 0 saturated carbocycles. The third kappa shape index (κ3) is 1.56. The van der Waals surface area contributed by atoms with E-state index >= 15 is 0 Å². The van der Waals surface area contributed by atoms with Gasteiger partial charge in [0.25, 0.3) is 0 Å². The first kappa shape index (κ1) is 14.9. The Morgan fingerprint density at radius 3 is 2.23 bits per heavy atom. The fourth-order valence-electron chi connectivity index (χ4n) is 5.65. The van der Waals surface area contributed by atoms with Gasteiger partial charge in [-0.25, -0.2) is 0 Å². The van der Waals surface area contributed by atoms with Gasteiger partial charge in [0.05, 0.1) is 22.1 Å². The number of aromatic nitrogens is 2. The Kier molecular flexibility index (Phi) is 2.44. The van der Waals surface area contributed by atoms with E-state index in [-0.39, 0.29) is 0 Å². The Labute approximate surface area is 171 Å². The number of benzene rings is 5. The maximum atomic E-state index is 3.73. The quantitative estimate of drug-likeness (QED) is 0.279. The molecule has 30 heavy (non-hydrogen) atoms. The molecule has 0 aliphatic rings. The van der Waals surface area contributed by atoms with Crippen molar-refractivity contribution in [3.63, 3.8) is 0 Å². The minimum absolute atomic E-state index is 1.19. The summed E-state index contributed by atoms with van der Waals surface area (Å²) in [5.41, 5.74) is 6.31. The SMILES string of the molecule is c1ccc2c(c1)[nH]c1c2ccc2ccc3c(c4cccc5c6ccccc6n3c54)c21. The molecule has 3 aromatic heterocycles. The molecule has 0 spiro atoms. The average Bonchev–Trinajstić information content (AvgIpc) is 3.45. The molecule has 0 bridgehead atoms. The topological polar surface area (TPSA) is 20.2 Å². The number of rotatable bonds is 0. The van der Waals surface area contributed by atoms with Gasteiger partial charge in [0, 0.05) is 43.2 Å². The molecule has 3 heterocycles. The minimum atomic E-state index is 1.19. The fraction of sp³-hybridized carbons (Fsp3) is 0. The highest BCUT2D eigenvalue weighted by Crippen LogP contribution is 2.43. The lowest BCUT2D eigenvalue weighted by molar-refractivity contribution is 1.37. The second kappa shape index (κ2) is 4.92. The van der Waals surface area contributed by atoms with E-state index in [1.54, 1.807) is 0 Å². The lowest BCUT2D eigenvalue weighted by Crippen LogP contribution is -1.82. The summed E-state index contributed by atoms with van der Waals surface area (Å²) in [4.78, 5) is 3.73. The molecule has 0 fully saturated rings. The van der Waals surface area contributed by atoms with Crippen molar-refractivity contribution in [1.82, 2.24) is 9.38 Å². The molecule has 5 aromatic carbocycles. The zero-order valence-electron chi connectivity index (χ0n) is 16.1. The van der Waals surface area contributed by atoms with Crippen LogP contribution in [0.2, 0.25) is 0 Å². The standard InChI is InChI=1S/C28H16N2/c1-3-10-22-17(6-1)19-14-12-16-13-15-24-26(25(16)27(19)29-22)21-9-5-8-20-18-7-2-4-11-23(18)30(24)28(20)21/h1-15,29H. The van der Waals surface area contributed by atoms with Gasteiger partial charge in [-0.05, 0) is 23.6 Å². The van der Waals surface area contributed by atoms with Gasteiger partial charge in [-0.1, -0.05) is 72.8 Å². The molecule has 0 unspecified atom stereocenters. The zero-order valence-corrected chi connectivity index (χ0v) is 16.1. The summed E-state index contributed by atoms with van der Waals surface area (Å²) >= 11 is 0. The average molecular weight is 380 g/mol. The van der Waals surface area contributed by atoms with Crippen LogP contribution >= 0.6 is 0 Å². The molecule has 2 nitrogen and oxygen atoms in total. The molecule has 8 rings (SSSR count). The second-order valence-corrected chi connectivity index (χ2v) is 8.27. The summed E-state index contributed by atoms with van der Waals surface area (Å²) in [7, 11) is 0. The Morgan fingerprint density at radius 1 is 0.500 bits per heavy atom. The normalized spacial score (nSPS) is 12.7. The number of hydrogen-bond donors (Lipinski definition) is 1. The number of fused-ring (bicyclic) bond motifs is 12. The lowest BCUT2D eigenvalue weighted by atomic mass is 9.99. The van der Waals surface area contributed by atoms with Gasteiger partial charge in [0.15, 0.2) is 0 Å². The van der Waals surface area contributed by atoms with Crippen LogP contribution in [0, 0.1) is 0 Å². The van der Waals surface area contributed by atoms with Gasteiger partial charge in [-0.15, -0.1) is 0 Å². The van der Waals surface area contributed by atoms with E-state index in [2.05, 4.69) is 100 Å². The number of nitrogens with zero attached hydrogens (tertiary/aromatic N) is 1. The maximum Gasteiger partial charge on any atom is 0.0620 e. The Morgan fingerprint density at radius 2 is 1.27 bits per heavy atom. The molecular weight excluding hydrogens is 364 g/mol. The van der Waals surface area contributed by atoms with Crippen molar-refractivity contribution in [3.8, 4) is 0 Å². The van der Waals surface area contributed by atoms with Gasteiger partial charge in [-0.3, -0.25) is 0 Å². The maximum absolute atomic E-state index is 3.73. The predicted molar refractivity (Wildman–Crippen MR) is 128 cm³/mol. The highest BCUT2D eigenvalue weighted by atomic mass is 14.9. The number of nitrogens with one attached hydrogen (secondary N) is 1. The number of H-pyrrole nitrogens is 1. The van der Waals surface area contributed by atoms with Gasteiger partial charge >= 0.3 is 0 Å². The molecule has 0 aliphatic heterocycles. The Balaban J connectivity index is 1.75. The first-order valence-electron chi connectivity index (χ1n) is 10.4. The fourth-order valence-corrected chi connectivity index (χ4v) is 5.65. The monoisotopic (exact) mass is 380 g/mol. The molecule has 0 saturated heterocycles. The zero-order chi connectivity index (χ0) is 19.4. The summed E-state index contributed by atoms with van der Waals surface area (Å²) in [6.45, 7) is 0. The van der Waals surface area contributed by atoms with Gasteiger partial charge < -0.3 is 9.38 Å². The molecule has 0 amide bonds. The molecule has 138 valence electrons. The van der Waals surface area contributed by atoms with E-state index in [0.717, 1.165) is 0 Å². The smallest absolute Gasteiger partial charge is 0.0620 e. The van der Waals surface area contributed by atoms with Crippen molar-refractivity contribution in [2.24, 2.45) is 0 Å². The van der Waals surface area contributed by atoms with Crippen LogP contribution in [-0.4, -0.2) is 9.38 Å². The lowest BCUT2D eigenvalue weighted by Gasteiger charge is -2.04. The van der Waals surface area contributed by atoms with Crippen LogP contribution in [0.3, 0.4) is 0 Å². The molecule has 8 aromatic rings. The highest BCUT2D eigenvalue weighted by Gasteiger charge is 2.19. The molecular formula is C28H16N2. The minimum Gasteiger partial charge on any atom is -0.354 e. The number of aromatic amines is 1. The number of para-hydroxylation sites is 3. The largest absolute Gasteiger partial charge is 0.354 e. The highest BCUT2D eigenvalue weighted by molar-refractivity contribution is 6.33. The van der Waals surface area contributed by atoms with Crippen molar-refractivity contribution in [3.05, 3.63) is 91.0 Å². The first-order valence-corrected chi connectivity index (χ1v) is 10.4. The van der Waals surface area contributed by atoms with Crippen LogP contribution < -0.4 is 0 Å². The van der Waals surface area contributed by atoms with Crippen LogP contribution in [-0.2, 0) is 0 Å². The molecule has 1 N–H and O–H groups in total. The van der Waals surface area contributed by atoms with Crippen LogP contribution in [0.25, 0.3) is 70.7 Å². The molecule has 0 atom stereocenters.